The van der Waals surface area contributed by atoms with Crippen LogP contribution in [0.5, 0.6) is 0 Å². The molecule has 0 bridgehead atoms. The SMILES string of the molecule is CNCC1CN(C)C(=O)N(C(C)(C)C)C1. The van der Waals surface area contributed by atoms with Gasteiger partial charge < -0.3 is 15.1 Å². The molecule has 0 aliphatic carbocycles. The lowest BCUT2D eigenvalue weighted by Gasteiger charge is -2.45. The summed E-state index contributed by atoms with van der Waals surface area (Å²) in [5.74, 6) is 0.525. The molecular weight excluding hydrogens is 190 g/mol. The van der Waals surface area contributed by atoms with E-state index in [1.807, 2.05) is 23.9 Å². The molecule has 0 spiro atoms. The summed E-state index contributed by atoms with van der Waals surface area (Å²) in [5, 5.41) is 3.18. The second-order valence-electron chi connectivity index (χ2n) is 5.37. The summed E-state index contributed by atoms with van der Waals surface area (Å²) in [6.07, 6.45) is 0. The normalized spacial score (nSPS) is 23.5. The first-order chi connectivity index (χ1) is 6.86. The van der Waals surface area contributed by atoms with Gasteiger partial charge in [-0.2, -0.15) is 0 Å². The van der Waals surface area contributed by atoms with Crippen molar-refractivity contribution in [2.45, 2.75) is 26.3 Å². The summed E-state index contributed by atoms with van der Waals surface area (Å²) >= 11 is 0. The Hall–Kier alpha value is -0.770. The third-order valence-electron chi connectivity index (χ3n) is 2.83. The fourth-order valence-corrected chi connectivity index (χ4v) is 2.04. The van der Waals surface area contributed by atoms with E-state index in [0.717, 1.165) is 19.6 Å². The van der Waals surface area contributed by atoms with Crippen molar-refractivity contribution in [3.8, 4) is 0 Å². The van der Waals surface area contributed by atoms with Crippen LogP contribution in [-0.4, -0.2) is 55.1 Å². The van der Waals surface area contributed by atoms with Crippen molar-refractivity contribution in [2.24, 2.45) is 5.92 Å². The molecule has 0 aromatic carbocycles. The number of rotatable bonds is 2. The Morgan fingerprint density at radius 3 is 2.47 bits per heavy atom. The predicted octanol–water partition coefficient (Wildman–Crippen LogP) is 0.988. The van der Waals surface area contributed by atoms with Crippen LogP contribution in [0.15, 0.2) is 0 Å². The molecule has 1 rings (SSSR count). The van der Waals surface area contributed by atoms with Crippen LogP contribution in [0.2, 0.25) is 0 Å². The van der Waals surface area contributed by atoms with E-state index in [-0.39, 0.29) is 11.6 Å². The molecule has 4 heteroatoms. The van der Waals surface area contributed by atoms with E-state index < -0.39 is 0 Å². The van der Waals surface area contributed by atoms with E-state index in [1.54, 1.807) is 0 Å². The highest BCUT2D eigenvalue weighted by atomic mass is 16.2. The Bertz CT molecular complexity index is 234. The van der Waals surface area contributed by atoms with Crippen LogP contribution in [-0.2, 0) is 0 Å². The van der Waals surface area contributed by atoms with Crippen LogP contribution in [0.25, 0.3) is 0 Å². The summed E-state index contributed by atoms with van der Waals surface area (Å²) < 4.78 is 0. The minimum atomic E-state index is -0.0856. The van der Waals surface area contributed by atoms with Crippen molar-refractivity contribution >= 4 is 6.03 Å². The van der Waals surface area contributed by atoms with Crippen molar-refractivity contribution < 1.29 is 4.79 Å². The van der Waals surface area contributed by atoms with Crippen molar-refractivity contribution in [3.63, 3.8) is 0 Å². The second kappa shape index (κ2) is 4.39. The minimum Gasteiger partial charge on any atom is -0.327 e. The maximum Gasteiger partial charge on any atom is 0.320 e. The second-order valence-corrected chi connectivity index (χ2v) is 5.37. The zero-order chi connectivity index (χ0) is 11.6. The molecule has 15 heavy (non-hydrogen) atoms. The Kier molecular flexibility index (Phi) is 3.60. The highest BCUT2D eigenvalue weighted by molar-refractivity contribution is 5.75. The van der Waals surface area contributed by atoms with Crippen LogP contribution in [0.3, 0.4) is 0 Å². The summed E-state index contributed by atoms with van der Waals surface area (Å²) in [5.41, 5.74) is -0.0856. The molecule has 0 aromatic heterocycles. The van der Waals surface area contributed by atoms with Gasteiger partial charge in [0.25, 0.3) is 0 Å². The molecule has 88 valence electrons. The molecule has 1 aliphatic rings. The van der Waals surface area contributed by atoms with Crippen molar-refractivity contribution in [2.75, 3.05) is 33.7 Å². The first-order valence-corrected chi connectivity index (χ1v) is 5.53. The van der Waals surface area contributed by atoms with Gasteiger partial charge in [-0.05, 0) is 27.8 Å². The maximum atomic E-state index is 12.0. The lowest BCUT2D eigenvalue weighted by atomic mass is 9.99. The van der Waals surface area contributed by atoms with Gasteiger partial charge in [0.1, 0.15) is 0 Å². The largest absolute Gasteiger partial charge is 0.327 e. The maximum absolute atomic E-state index is 12.0. The first-order valence-electron chi connectivity index (χ1n) is 5.53. The summed E-state index contributed by atoms with van der Waals surface area (Å²) in [6.45, 7) is 8.92. The lowest BCUT2D eigenvalue weighted by molar-refractivity contribution is 0.0690. The number of carbonyl (C=O) groups excluding carboxylic acids is 1. The molecule has 1 unspecified atom stereocenters. The van der Waals surface area contributed by atoms with E-state index in [2.05, 4.69) is 26.1 Å². The molecule has 1 atom stereocenters. The molecule has 2 amide bonds. The Labute approximate surface area is 92.6 Å². The molecule has 1 heterocycles. The average molecular weight is 213 g/mol. The number of nitrogens with one attached hydrogen (secondary N) is 1. The fourth-order valence-electron chi connectivity index (χ4n) is 2.04. The molecule has 1 fully saturated rings. The van der Waals surface area contributed by atoms with E-state index in [0.29, 0.717) is 5.92 Å². The lowest BCUT2D eigenvalue weighted by Crippen LogP contribution is -2.59. The molecular formula is C11H23N3O. The average Bonchev–Trinajstić information content (AvgIpc) is 2.09. The number of nitrogens with zero attached hydrogens (tertiary/aromatic N) is 2. The van der Waals surface area contributed by atoms with Crippen LogP contribution >= 0.6 is 0 Å². The van der Waals surface area contributed by atoms with Crippen LogP contribution in [0, 0.1) is 5.92 Å². The van der Waals surface area contributed by atoms with E-state index in [4.69, 9.17) is 0 Å². The molecule has 1 N–H and O–H groups in total. The van der Waals surface area contributed by atoms with Crippen molar-refractivity contribution in [3.05, 3.63) is 0 Å². The molecule has 0 radical (unpaired) electrons. The third-order valence-corrected chi connectivity index (χ3v) is 2.83. The number of amides is 2. The third kappa shape index (κ3) is 2.84. The van der Waals surface area contributed by atoms with Gasteiger partial charge in [0.2, 0.25) is 0 Å². The highest BCUT2D eigenvalue weighted by Crippen LogP contribution is 2.21. The van der Waals surface area contributed by atoms with Gasteiger partial charge in [-0.25, -0.2) is 4.79 Å². The van der Waals surface area contributed by atoms with E-state index >= 15 is 0 Å². The Morgan fingerprint density at radius 2 is 2.00 bits per heavy atom. The summed E-state index contributed by atoms with van der Waals surface area (Å²) in [6, 6.07) is 0.148. The van der Waals surface area contributed by atoms with Gasteiger partial charge in [0.15, 0.2) is 0 Å². The van der Waals surface area contributed by atoms with Crippen molar-refractivity contribution in [1.29, 1.82) is 0 Å². The fraction of sp³-hybridized carbons (Fsp3) is 0.909. The first kappa shape index (κ1) is 12.3. The zero-order valence-electron chi connectivity index (χ0n) is 10.5. The molecule has 4 nitrogen and oxygen atoms in total. The number of hydrogen-bond donors (Lipinski definition) is 1. The van der Waals surface area contributed by atoms with Gasteiger partial charge in [-0.1, -0.05) is 0 Å². The number of urea groups is 1. The van der Waals surface area contributed by atoms with E-state index in [9.17, 15) is 4.79 Å². The molecule has 0 saturated carbocycles. The van der Waals surface area contributed by atoms with Crippen LogP contribution in [0.1, 0.15) is 20.8 Å². The minimum absolute atomic E-state index is 0.0856. The smallest absolute Gasteiger partial charge is 0.320 e. The quantitative estimate of drug-likeness (QED) is 0.742. The van der Waals surface area contributed by atoms with Crippen LogP contribution < -0.4 is 5.32 Å². The Morgan fingerprint density at radius 1 is 1.40 bits per heavy atom. The van der Waals surface area contributed by atoms with Crippen molar-refractivity contribution in [1.82, 2.24) is 15.1 Å². The summed E-state index contributed by atoms with van der Waals surface area (Å²) in [7, 11) is 3.83. The highest BCUT2D eigenvalue weighted by Gasteiger charge is 2.35. The number of carbonyl (C=O) groups is 1. The zero-order valence-corrected chi connectivity index (χ0v) is 10.5. The summed E-state index contributed by atoms with van der Waals surface area (Å²) in [4.78, 5) is 15.7. The van der Waals surface area contributed by atoms with Gasteiger partial charge in [-0.3, -0.25) is 0 Å². The number of hydrogen-bond acceptors (Lipinski definition) is 2. The molecule has 1 aliphatic heterocycles. The Balaban J connectivity index is 2.73. The van der Waals surface area contributed by atoms with Gasteiger partial charge in [0, 0.05) is 38.1 Å². The van der Waals surface area contributed by atoms with Gasteiger partial charge in [-0.15, -0.1) is 0 Å². The van der Waals surface area contributed by atoms with Crippen LogP contribution in [0.4, 0.5) is 4.79 Å². The monoisotopic (exact) mass is 213 g/mol. The molecule has 0 aromatic rings. The van der Waals surface area contributed by atoms with E-state index in [1.165, 1.54) is 0 Å². The topological polar surface area (TPSA) is 35.6 Å². The standard InChI is InChI=1S/C11H23N3O/c1-11(2,3)14-8-9(6-12-4)7-13(5)10(14)15/h9,12H,6-8H2,1-5H3. The van der Waals surface area contributed by atoms with Gasteiger partial charge in [0.05, 0.1) is 0 Å². The molecule has 1 saturated heterocycles. The van der Waals surface area contributed by atoms with Gasteiger partial charge >= 0.3 is 6.03 Å². The predicted molar refractivity (Wildman–Crippen MR) is 61.9 cm³/mol.